The molecule has 0 aliphatic rings. The minimum absolute atomic E-state index is 0.132. The lowest BCUT2D eigenvalue weighted by atomic mass is 10.2. The first kappa shape index (κ1) is 11.1. The summed E-state index contributed by atoms with van der Waals surface area (Å²) in [5.41, 5.74) is 7.62. The molecule has 2 rings (SSSR count). The van der Waals surface area contributed by atoms with E-state index >= 15 is 0 Å². The smallest absolute Gasteiger partial charge is 0.280 e. The first-order valence-corrected chi connectivity index (χ1v) is 5.11. The standard InChI is InChI=1S/C11H13N5O/c1-7-3-5-8(6-4-7)13-11(17)9-10(12)16(2)15-14-9/h3-6H,12H2,1-2H3,(H,13,17). The molecule has 1 amide bonds. The van der Waals surface area contributed by atoms with Gasteiger partial charge < -0.3 is 11.1 Å². The molecule has 0 saturated carbocycles. The number of aromatic nitrogens is 3. The van der Waals surface area contributed by atoms with E-state index < -0.39 is 0 Å². The third-order valence-electron chi connectivity index (χ3n) is 2.39. The molecule has 1 heterocycles. The Morgan fingerprint density at radius 1 is 1.35 bits per heavy atom. The summed E-state index contributed by atoms with van der Waals surface area (Å²) in [7, 11) is 1.63. The number of anilines is 2. The molecule has 0 spiro atoms. The second-order valence-corrected chi connectivity index (χ2v) is 3.77. The quantitative estimate of drug-likeness (QED) is 0.806. The van der Waals surface area contributed by atoms with E-state index in [1.54, 1.807) is 7.05 Å². The molecular weight excluding hydrogens is 218 g/mol. The van der Waals surface area contributed by atoms with Crippen molar-refractivity contribution in [2.24, 2.45) is 7.05 Å². The largest absolute Gasteiger partial charge is 0.382 e. The van der Waals surface area contributed by atoms with Crippen LogP contribution in [0.1, 0.15) is 16.1 Å². The second kappa shape index (κ2) is 4.25. The van der Waals surface area contributed by atoms with Gasteiger partial charge in [0.2, 0.25) is 0 Å². The van der Waals surface area contributed by atoms with Gasteiger partial charge in [0.05, 0.1) is 0 Å². The number of nitrogens with one attached hydrogen (secondary N) is 1. The molecule has 0 bridgehead atoms. The number of carbonyl (C=O) groups excluding carboxylic acids is 1. The summed E-state index contributed by atoms with van der Waals surface area (Å²) < 4.78 is 1.35. The average Bonchev–Trinajstić information content (AvgIpc) is 2.63. The van der Waals surface area contributed by atoms with Crippen molar-refractivity contribution in [2.45, 2.75) is 6.92 Å². The van der Waals surface area contributed by atoms with Gasteiger partial charge in [-0.15, -0.1) is 5.10 Å². The summed E-state index contributed by atoms with van der Waals surface area (Å²) >= 11 is 0. The highest BCUT2D eigenvalue weighted by Gasteiger charge is 2.15. The Kier molecular flexibility index (Phi) is 2.78. The summed E-state index contributed by atoms with van der Waals surface area (Å²) in [6.07, 6.45) is 0. The second-order valence-electron chi connectivity index (χ2n) is 3.77. The van der Waals surface area contributed by atoms with Gasteiger partial charge in [-0.05, 0) is 19.1 Å². The lowest BCUT2D eigenvalue weighted by Crippen LogP contribution is -2.14. The van der Waals surface area contributed by atoms with Crippen molar-refractivity contribution >= 4 is 17.4 Å². The van der Waals surface area contributed by atoms with Crippen molar-refractivity contribution in [3.8, 4) is 0 Å². The van der Waals surface area contributed by atoms with Gasteiger partial charge in [-0.3, -0.25) is 4.79 Å². The van der Waals surface area contributed by atoms with E-state index in [4.69, 9.17) is 5.73 Å². The number of benzene rings is 1. The molecule has 0 saturated heterocycles. The average molecular weight is 231 g/mol. The van der Waals surface area contributed by atoms with Crippen LogP contribution in [0.4, 0.5) is 11.5 Å². The molecule has 17 heavy (non-hydrogen) atoms. The molecule has 0 radical (unpaired) electrons. The predicted molar refractivity (Wildman–Crippen MR) is 64.5 cm³/mol. The third-order valence-corrected chi connectivity index (χ3v) is 2.39. The molecule has 6 nitrogen and oxygen atoms in total. The summed E-state index contributed by atoms with van der Waals surface area (Å²) in [6.45, 7) is 1.98. The SMILES string of the molecule is Cc1ccc(NC(=O)c2nnn(C)c2N)cc1. The van der Waals surface area contributed by atoms with Gasteiger partial charge in [0.15, 0.2) is 11.5 Å². The molecule has 2 aromatic rings. The Labute approximate surface area is 98.4 Å². The lowest BCUT2D eigenvalue weighted by molar-refractivity contribution is 0.102. The molecule has 6 heteroatoms. The summed E-state index contributed by atoms with van der Waals surface area (Å²) in [4.78, 5) is 11.8. The van der Waals surface area contributed by atoms with Crippen molar-refractivity contribution in [2.75, 3.05) is 11.1 Å². The summed E-state index contributed by atoms with van der Waals surface area (Å²) in [6, 6.07) is 7.46. The fraction of sp³-hybridized carbons (Fsp3) is 0.182. The number of nitrogens with zero attached hydrogens (tertiary/aromatic N) is 3. The molecule has 88 valence electrons. The number of aryl methyl sites for hydroxylation is 2. The van der Waals surface area contributed by atoms with Crippen molar-refractivity contribution in [3.63, 3.8) is 0 Å². The monoisotopic (exact) mass is 231 g/mol. The first-order valence-electron chi connectivity index (χ1n) is 5.11. The van der Waals surface area contributed by atoms with Crippen LogP contribution in [0, 0.1) is 6.92 Å². The zero-order valence-corrected chi connectivity index (χ0v) is 9.64. The Morgan fingerprint density at radius 3 is 2.53 bits per heavy atom. The van der Waals surface area contributed by atoms with Gasteiger partial charge in [0.1, 0.15) is 0 Å². The molecular formula is C11H13N5O. The van der Waals surface area contributed by atoms with Crippen LogP contribution in [-0.4, -0.2) is 20.9 Å². The van der Waals surface area contributed by atoms with E-state index in [1.165, 1.54) is 4.68 Å². The molecule has 1 aromatic heterocycles. The van der Waals surface area contributed by atoms with Crippen molar-refractivity contribution in [1.82, 2.24) is 15.0 Å². The van der Waals surface area contributed by atoms with E-state index in [0.29, 0.717) is 5.69 Å². The number of hydrogen-bond acceptors (Lipinski definition) is 4. The molecule has 3 N–H and O–H groups in total. The Bertz CT molecular complexity index is 543. The van der Waals surface area contributed by atoms with Crippen molar-refractivity contribution in [1.29, 1.82) is 0 Å². The molecule has 0 unspecified atom stereocenters. The van der Waals surface area contributed by atoms with E-state index in [0.717, 1.165) is 5.56 Å². The van der Waals surface area contributed by atoms with Crippen LogP contribution in [-0.2, 0) is 7.05 Å². The van der Waals surface area contributed by atoms with E-state index in [-0.39, 0.29) is 17.4 Å². The molecule has 0 atom stereocenters. The van der Waals surface area contributed by atoms with Gasteiger partial charge in [0.25, 0.3) is 5.91 Å². The van der Waals surface area contributed by atoms with Crippen LogP contribution in [0.2, 0.25) is 0 Å². The fourth-order valence-corrected chi connectivity index (χ4v) is 1.35. The van der Waals surface area contributed by atoms with E-state index in [2.05, 4.69) is 15.6 Å². The highest BCUT2D eigenvalue weighted by atomic mass is 16.2. The maximum Gasteiger partial charge on any atom is 0.280 e. The highest BCUT2D eigenvalue weighted by molar-refractivity contribution is 6.05. The zero-order valence-electron chi connectivity index (χ0n) is 9.64. The molecule has 0 aliphatic heterocycles. The van der Waals surface area contributed by atoms with Crippen LogP contribution in [0.15, 0.2) is 24.3 Å². The topological polar surface area (TPSA) is 85.8 Å². The van der Waals surface area contributed by atoms with Gasteiger partial charge in [-0.25, -0.2) is 4.68 Å². The maximum atomic E-state index is 11.8. The van der Waals surface area contributed by atoms with Crippen molar-refractivity contribution < 1.29 is 4.79 Å². The molecule has 0 fully saturated rings. The number of carbonyl (C=O) groups is 1. The number of amides is 1. The minimum Gasteiger partial charge on any atom is -0.382 e. The number of rotatable bonds is 2. The van der Waals surface area contributed by atoms with Gasteiger partial charge in [-0.2, -0.15) is 0 Å². The van der Waals surface area contributed by atoms with Gasteiger partial charge in [-0.1, -0.05) is 22.9 Å². The van der Waals surface area contributed by atoms with E-state index in [9.17, 15) is 4.79 Å². The van der Waals surface area contributed by atoms with Crippen LogP contribution < -0.4 is 11.1 Å². The van der Waals surface area contributed by atoms with Crippen molar-refractivity contribution in [3.05, 3.63) is 35.5 Å². The van der Waals surface area contributed by atoms with Crippen LogP contribution in [0.5, 0.6) is 0 Å². The third kappa shape index (κ3) is 2.25. The minimum atomic E-state index is -0.362. The Balaban J connectivity index is 2.17. The van der Waals surface area contributed by atoms with Crippen LogP contribution in [0.3, 0.4) is 0 Å². The Hall–Kier alpha value is -2.37. The number of nitrogen functional groups attached to an aromatic ring is 1. The fourth-order valence-electron chi connectivity index (χ4n) is 1.35. The molecule has 1 aromatic carbocycles. The highest BCUT2D eigenvalue weighted by Crippen LogP contribution is 2.12. The zero-order chi connectivity index (χ0) is 12.4. The maximum absolute atomic E-state index is 11.8. The Morgan fingerprint density at radius 2 is 2.00 bits per heavy atom. The predicted octanol–water partition coefficient (Wildman–Crippen LogP) is 0.958. The van der Waals surface area contributed by atoms with Crippen LogP contribution in [0.25, 0.3) is 0 Å². The van der Waals surface area contributed by atoms with Crippen LogP contribution >= 0.6 is 0 Å². The summed E-state index contributed by atoms with van der Waals surface area (Å²) in [5, 5.41) is 10.1. The number of nitrogens with two attached hydrogens (primary N) is 1. The van der Waals surface area contributed by atoms with Gasteiger partial charge in [0, 0.05) is 12.7 Å². The van der Waals surface area contributed by atoms with E-state index in [1.807, 2.05) is 31.2 Å². The lowest BCUT2D eigenvalue weighted by Gasteiger charge is -2.03. The van der Waals surface area contributed by atoms with Gasteiger partial charge >= 0.3 is 0 Å². The molecule has 0 aliphatic carbocycles. The summed E-state index contributed by atoms with van der Waals surface area (Å²) in [5.74, 6) is -0.117. The number of hydrogen-bond donors (Lipinski definition) is 2. The normalized spacial score (nSPS) is 10.2. The first-order chi connectivity index (χ1) is 8.08.